The summed E-state index contributed by atoms with van der Waals surface area (Å²) < 4.78 is 39.6. The number of nitrogens with one attached hydrogen (secondary N) is 1. The van der Waals surface area contributed by atoms with E-state index in [1.54, 1.807) is 18.2 Å². The highest BCUT2D eigenvalue weighted by molar-refractivity contribution is 5.90. The van der Waals surface area contributed by atoms with Gasteiger partial charge in [0, 0.05) is 30.9 Å². The van der Waals surface area contributed by atoms with Crippen LogP contribution in [-0.2, 0) is 11.0 Å². The molecule has 3 fully saturated rings. The third-order valence-electron chi connectivity index (χ3n) is 7.32. The number of anilines is 2. The smallest absolute Gasteiger partial charge is 0.371 e. The predicted octanol–water partition coefficient (Wildman–Crippen LogP) is 4.58. The average molecular weight is 470 g/mol. The van der Waals surface area contributed by atoms with E-state index in [-0.39, 0.29) is 18.0 Å². The fraction of sp³-hybridized carbons (Fsp3) is 0.480. The third-order valence-corrected chi connectivity index (χ3v) is 7.32. The molecule has 2 saturated heterocycles. The van der Waals surface area contributed by atoms with E-state index in [9.17, 15) is 18.0 Å². The number of benzene rings is 1. The Hall–Kier alpha value is -3.28. The molecule has 0 unspecified atom stereocenters. The summed E-state index contributed by atoms with van der Waals surface area (Å²) in [7, 11) is 0. The summed E-state index contributed by atoms with van der Waals surface area (Å²) in [5, 5.41) is 12.5. The summed E-state index contributed by atoms with van der Waals surface area (Å²) in [5.74, 6) is 0.392. The van der Waals surface area contributed by atoms with Crippen molar-refractivity contribution in [2.45, 2.75) is 62.3 Å². The Bertz CT molecular complexity index is 1090. The predicted molar refractivity (Wildman–Crippen MR) is 121 cm³/mol. The lowest BCUT2D eigenvalue weighted by Crippen LogP contribution is -2.61. The first-order chi connectivity index (χ1) is 16.3. The maximum Gasteiger partial charge on any atom is 0.433 e. The highest BCUT2D eigenvalue weighted by Gasteiger charge is 2.49. The fourth-order valence-electron chi connectivity index (χ4n) is 5.75. The van der Waals surface area contributed by atoms with E-state index in [0.717, 1.165) is 50.3 Å². The van der Waals surface area contributed by atoms with Crippen molar-refractivity contribution in [3.05, 3.63) is 53.7 Å². The second-order valence-electron chi connectivity index (χ2n) is 9.48. The number of carbonyl (C=O) groups is 1. The summed E-state index contributed by atoms with van der Waals surface area (Å²) >= 11 is 0. The third kappa shape index (κ3) is 4.06. The fourth-order valence-corrected chi connectivity index (χ4v) is 5.75. The maximum atomic E-state index is 13.8. The molecule has 1 aromatic carbocycles. The van der Waals surface area contributed by atoms with Gasteiger partial charge >= 0.3 is 6.18 Å². The van der Waals surface area contributed by atoms with Gasteiger partial charge in [-0.3, -0.25) is 4.79 Å². The Labute approximate surface area is 196 Å². The lowest BCUT2D eigenvalue weighted by Gasteiger charge is -2.45. The molecule has 1 saturated carbocycles. The minimum absolute atomic E-state index is 0.0490. The Kier molecular flexibility index (Phi) is 5.62. The number of nitriles is 1. The van der Waals surface area contributed by atoms with Crippen LogP contribution in [0.25, 0.3) is 0 Å². The molecule has 5 rings (SSSR count). The molecule has 2 aliphatic heterocycles. The highest BCUT2D eigenvalue weighted by Crippen LogP contribution is 2.39. The molecule has 3 aliphatic rings. The number of rotatable bonds is 4. The van der Waals surface area contributed by atoms with Crippen molar-refractivity contribution in [3.63, 3.8) is 0 Å². The number of halogens is 3. The van der Waals surface area contributed by atoms with Gasteiger partial charge in [-0.1, -0.05) is 18.9 Å². The second kappa shape index (κ2) is 8.49. The molecule has 34 heavy (non-hydrogen) atoms. The number of piperazine rings is 1. The SMILES string of the molecule is N#Cc1ccc(NC2(C(=O)N3C[C@H]4CC[C@@H](C3)N4c3cccc(C(F)(F)F)n3)CCCC2)cc1. The van der Waals surface area contributed by atoms with Crippen molar-refractivity contribution in [1.82, 2.24) is 9.88 Å². The number of hydrogen-bond donors (Lipinski definition) is 1. The molecule has 178 valence electrons. The summed E-state index contributed by atoms with van der Waals surface area (Å²) in [6.07, 6.45) is 0.531. The van der Waals surface area contributed by atoms with Gasteiger partial charge in [0.1, 0.15) is 17.1 Å². The van der Waals surface area contributed by atoms with Crippen molar-refractivity contribution in [2.24, 2.45) is 0 Å². The average Bonchev–Trinajstić information content (AvgIpc) is 3.41. The largest absolute Gasteiger partial charge is 0.433 e. The first-order valence-corrected chi connectivity index (χ1v) is 11.7. The molecule has 9 heteroatoms. The van der Waals surface area contributed by atoms with E-state index in [2.05, 4.69) is 16.4 Å². The van der Waals surface area contributed by atoms with E-state index in [1.165, 1.54) is 6.07 Å². The van der Waals surface area contributed by atoms with Gasteiger partial charge in [-0.2, -0.15) is 18.4 Å². The maximum absolute atomic E-state index is 13.8. The summed E-state index contributed by atoms with van der Waals surface area (Å²) in [6.45, 7) is 0.952. The Morgan fingerprint density at radius 1 is 1.06 bits per heavy atom. The van der Waals surface area contributed by atoms with E-state index in [1.807, 2.05) is 21.9 Å². The number of alkyl halides is 3. The lowest BCUT2D eigenvalue weighted by molar-refractivity contribution is -0.141. The number of nitrogens with zero attached hydrogens (tertiary/aromatic N) is 4. The van der Waals surface area contributed by atoms with Crippen molar-refractivity contribution >= 4 is 17.4 Å². The van der Waals surface area contributed by atoms with Crippen molar-refractivity contribution in [3.8, 4) is 6.07 Å². The van der Waals surface area contributed by atoms with Gasteiger partial charge in [-0.15, -0.1) is 0 Å². The Morgan fingerprint density at radius 2 is 1.71 bits per heavy atom. The molecule has 1 aliphatic carbocycles. The minimum atomic E-state index is -4.49. The Morgan fingerprint density at radius 3 is 2.29 bits per heavy atom. The van der Waals surface area contributed by atoms with Crippen LogP contribution in [0.15, 0.2) is 42.5 Å². The minimum Gasteiger partial charge on any atom is -0.371 e. The van der Waals surface area contributed by atoms with E-state index in [0.29, 0.717) is 24.5 Å². The number of hydrogen-bond acceptors (Lipinski definition) is 5. The number of likely N-dealkylation sites (tertiary alicyclic amines) is 1. The van der Waals surface area contributed by atoms with Crippen molar-refractivity contribution in [2.75, 3.05) is 23.3 Å². The first-order valence-electron chi connectivity index (χ1n) is 11.7. The van der Waals surface area contributed by atoms with Crippen molar-refractivity contribution in [1.29, 1.82) is 5.26 Å². The van der Waals surface area contributed by atoms with Crippen LogP contribution in [0.4, 0.5) is 24.7 Å². The molecule has 2 bridgehead atoms. The molecule has 1 aromatic heterocycles. The summed E-state index contributed by atoms with van der Waals surface area (Å²) in [5.41, 5.74) is -0.207. The van der Waals surface area contributed by atoms with Crippen LogP contribution in [0, 0.1) is 11.3 Å². The summed E-state index contributed by atoms with van der Waals surface area (Å²) in [6, 6.07) is 13.1. The number of pyridine rings is 1. The van der Waals surface area contributed by atoms with Gasteiger partial charge in [0.25, 0.3) is 0 Å². The number of carbonyl (C=O) groups excluding carboxylic acids is 1. The van der Waals surface area contributed by atoms with Gasteiger partial charge in [0.15, 0.2) is 0 Å². The molecule has 0 radical (unpaired) electrons. The van der Waals surface area contributed by atoms with Gasteiger partial charge in [0.2, 0.25) is 5.91 Å². The van der Waals surface area contributed by atoms with Gasteiger partial charge < -0.3 is 15.1 Å². The molecule has 0 spiro atoms. The number of fused-ring (bicyclic) bond motifs is 2. The molecular weight excluding hydrogens is 443 g/mol. The Balaban J connectivity index is 1.34. The molecule has 2 aromatic rings. The lowest BCUT2D eigenvalue weighted by atomic mass is 9.93. The monoisotopic (exact) mass is 469 g/mol. The second-order valence-corrected chi connectivity index (χ2v) is 9.48. The number of amides is 1. The number of aromatic nitrogens is 1. The van der Waals surface area contributed by atoms with Gasteiger partial charge in [-0.25, -0.2) is 4.98 Å². The summed E-state index contributed by atoms with van der Waals surface area (Å²) in [4.78, 5) is 21.6. The van der Waals surface area contributed by atoms with Crippen LogP contribution in [0.3, 0.4) is 0 Å². The van der Waals surface area contributed by atoms with E-state index in [4.69, 9.17) is 5.26 Å². The zero-order chi connectivity index (χ0) is 23.9. The standard InChI is InChI=1S/C25H26F3N5O/c26-25(27,28)21-4-3-5-22(30-21)33-19-10-11-20(33)16-32(15-19)23(34)24(12-1-2-13-24)31-18-8-6-17(14-29)7-9-18/h3-9,19-20,31H,1-2,10-13,15-16H2/t19-,20+. The van der Waals surface area contributed by atoms with Crippen LogP contribution in [-0.4, -0.2) is 46.5 Å². The van der Waals surface area contributed by atoms with Crippen LogP contribution in [0.1, 0.15) is 49.8 Å². The zero-order valence-electron chi connectivity index (χ0n) is 18.7. The van der Waals surface area contributed by atoms with Crippen LogP contribution in [0.2, 0.25) is 0 Å². The molecule has 2 atom stereocenters. The van der Waals surface area contributed by atoms with Crippen LogP contribution < -0.4 is 10.2 Å². The highest BCUT2D eigenvalue weighted by atomic mass is 19.4. The zero-order valence-corrected chi connectivity index (χ0v) is 18.7. The molecule has 3 heterocycles. The molecule has 1 amide bonds. The quantitative estimate of drug-likeness (QED) is 0.710. The molecule has 6 nitrogen and oxygen atoms in total. The first kappa shape index (κ1) is 22.5. The van der Waals surface area contributed by atoms with E-state index < -0.39 is 17.4 Å². The van der Waals surface area contributed by atoms with Crippen molar-refractivity contribution < 1.29 is 18.0 Å². The molecule has 1 N–H and O–H groups in total. The topological polar surface area (TPSA) is 72.3 Å². The molecular formula is C25H26F3N5O. The van der Waals surface area contributed by atoms with E-state index >= 15 is 0 Å². The normalized spacial score (nSPS) is 23.6. The van der Waals surface area contributed by atoms with Gasteiger partial charge in [0.05, 0.1) is 11.6 Å². The van der Waals surface area contributed by atoms with Crippen LogP contribution >= 0.6 is 0 Å². The van der Waals surface area contributed by atoms with Crippen LogP contribution in [0.5, 0.6) is 0 Å². The van der Waals surface area contributed by atoms with Gasteiger partial charge in [-0.05, 0) is 62.1 Å².